The van der Waals surface area contributed by atoms with Crippen LogP contribution in [-0.4, -0.2) is 15.1 Å². The van der Waals surface area contributed by atoms with Crippen LogP contribution in [-0.2, 0) is 0 Å². The molecular formula is C13H14Cl2N2S. The summed E-state index contributed by atoms with van der Waals surface area (Å²) in [7, 11) is 0. The maximum atomic E-state index is 9.24. The van der Waals surface area contributed by atoms with Gasteiger partial charge in [-0.15, -0.1) is 35.0 Å². The second kappa shape index (κ2) is 4.92. The molecule has 1 unspecified atom stereocenters. The van der Waals surface area contributed by atoms with Gasteiger partial charge in [-0.2, -0.15) is 5.26 Å². The zero-order valence-corrected chi connectivity index (χ0v) is 12.9. The lowest BCUT2D eigenvalue weighted by Gasteiger charge is -2.11. The van der Waals surface area contributed by atoms with E-state index < -0.39 is 4.33 Å². The highest BCUT2D eigenvalue weighted by molar-refractivity contribution is 7.99. The molecule has 1 aromatic rings. The molecule has 18 heavy (non-hydrogen) atoms. The summed E-state index contributed by atoms with van der Waals surface area (Å²) in [4.78, 5) is 4.51. The Hall–Kier alpha value is -0.430. The summed E-state index contributed by atoms with van der Waals surface area (Å²) in [5, 5.41) is 10.0. The first-order valence-electron chi connectivity index (χ1n) is 5.75. The number of nitriles is 1. The molecule has 0 bridgehead atoms. The summed E-state index contributed by atoms with van der Waals surface area (Å²) in [5.74, 6) is 1.12. The van der Waals surface area contributed by atoms with Crippen LogP contribution < -0.4 is 0 Å². The third-order valence-electron chi connectivity index (χ3n) is 3.45. The van der Waals surface area contributed by atoms with Gasteiger partial charge >= 0.3 is 0 Å². The van der Waals surface area contributed by atoms with Crippen molar-refractivity contribution in [1.29, 1.82) is 5.26 Å². The molecule has 2 nitrogen and oxygen atoms in total. The molecule has 1 aliphatic carbocycles. The fourth-order valence-corrected chi connectivity index (χ4v) is 3.79. The topological polar surface area (TPSA) is 36.7 Å². The molecule has 96 valence electrons. The third-order valence-corrected chi connectivity index (χ3v) is 5.52. The van der Waals surface area contributed by atoms with E-state index in [0.717, 1.165) is 34.0 Å². The zero-order valence-electron chi connectivity index (χ0n) is 10.6. The summed E-state index contributed by atoms with van der Waals surface area (Å²) in [5.41, 5.74) is 3.77. The average molecular weight is 301 g/mol. The second-order valence-corrected chi connectivity index (χ2v) is 7.26. The van der Waals surface area contributed by atoms with E-state index in [4.69, 9.17) is 23.2 Å². The van der Waals surface area contributed by atoms with E-state index in [9.17, 15) is 5.26 Å². The van der Waals surface area contributed by atoms with E-state index in [1.54, 1.807) is 11.8 Å². The average Bonchev–Trinajstić information content (AvgIpc) is 2.91. The Morgan fingerprint density at radius 2 is 2.00 bits per heavy atom. The number of nitrogens with zero attached hydrogens (tertiary/aromatic N) is 2. The summed E-state index contributed by atoms with van der Waals surface area (Å²) < 4.78 is -0.561. The van der Waals surface area contributed by atoms with Crippen molar-refractivity contribution in [2.24, 2.45) is 5.92 Å². The fourth-order valence-electron chi connectivity index (χ4n) is 1.78. The minimum absolute atomic E-state index is 0.307. The number of aromatic nitrogens is 1. The molecule has 1 aromatic heterocycles. The van der Waals surface area contributed by atoms with Crippen molar-refractivity contribution in [2.75, 3.05) is 5.75 Å². The van der Waals surface area contributed by atoms with Crippen LogP contribution in [0.4, 0.5) is 0 Å². The number of alkyl halides is 2. The molecule has 1 aliphatic rings. The van der Waals surface area contributed by atoms with Crippen LogP contribution >= 0.6 is 35.0 Å². The highest BCUT2D eigenvalue weighted by Crippen LogP contribution is 2.54. The number of rotatable bonds is 3. The van der Waals surface area contributed by atoms with E-state index in [1.165, 1.54) is 0 Å². The second-order valence-electron chi connectivity index (χ2n) is 4.71. The molecule has 5 heteroatoms. The van der Waals surface area contributed by atoms with Gasteiger partial charge in [-0.1, -0.05) is 0 Å². The standard InChI is InChI=1S/C13H14Cl2N2S/c1-7-8(2)11(5-16)12(17-9(7)3)18-6-10-4-13(10,14)15/h10H,4,6H2,1-3H3. The van der Waals surface area contributed by atoms with Gasteiger partial charge in [-0.3, -0.25) is 0 Å². The molecule has 2 rings (SSSR count). The Labute approximate surface area is 122 Å². The van der Waals surface area contributed by atoms with Gasteiger partial charge in [0, 0.05) is 17.4 Å². The molecule has 0 amide bonds. The molecule has 0 aromatic carbocycles. The molecule has 0 aliphatic heterocycles. The SMILES string of the molecule is Cc1nc(SCC2CC2(Cl)Cl)c(C#N)c(C)c1C. The van der Waals surface area contributed by atoms with E-state index in [2.05, 4.69) is 11.1 Å². The number of pyridine rings is 1. The van der Waals surface area contributed by atoms with Crippen molar-refractivity contribution in [3.05, 3.63) is 22.4 Å². The maximum absolute atomic E-state index is 9.24. The zero-order chi connectivity index (χ0) is 13.5. The molecule has 0 radical (unpaired) electrons. The Morgan fingerprint density at radius 1 is 1.39 bits per heavy atom. The Bertz CT molecular complexity index is 535. The first-order chi connectivity index (χ1) is 8.36. The van der Waals surface area contributed by atoms with E-state index >= 15 is 0 Å². The highest BCUT2D eigenvalue weighted by Gasteiger charge is 2.51. The largest absolute Gasteiger partial charge is 0.245 e. The highest BCUT2D eigenvalue weighted by atomic mass is 35.5. The van der Waals surface area contributed by atoms with Gasteiger partial charge in [0.05, 0.1) is 5.56 Å². The van der Waals surface area contributed by atoms with Gasteiger partial charge in [0.25, 0.3) is 0 Å². The van der Waals surface area contributed by atoms with Crippen molar-refractivity contribution in [3.63, 3.8) is 0 Å². The number of hydrogen-bond donors (Lipinski definition) is 0. The Balaban J connectivity index is 2.20. The molecule has 0 saturated heterocycles. The lowest BCUT2D eigenvalue weighted by Crippen LogP contribution is -2.01. The first kappa shape index (κ1) is 14.0. The Morgan fingerprint density at radius 3 is 2.50 bits per heavy atom. The van der Waals surface area contributed by atoms with Crippen LogP contribution in [0.3, 0.4) is 0 Å². The monoisotopic (exact) mass is 300 g/mol. The number of aryl methyl sites for hydroxylation is 1. The molecular weight excluding hydrogens is 287 g/mol. The summed E-state index contributed by atoms with van der Waals surface area (Å²) in [6, 6.07) is 2.25. The van der Waals surface area contributed by atoms with Crippen LogP contribution in [0, 0.1) is 38.0 Å². The lowest BCUT2D eigenvalue weighted by atomic mass is 10.1. The molecule has 1 fully saturated rings. The van der Waals surface area contributed by atoms with Gasteiger partial charge < -0.3 is 0 Å². The maximum Gasteiger partial charge on any atom is 0.122 e. The minimum atomic E-state index is -0.561. The molecule has 1 atom stereocenters. The van der Waals surface area contributed by atoms with Crippen LogP contribution in [0.15, 0.2) is 5.03 Å². The van der Waals surface area contributed by atoms with Crippen molar-refractivity contribution in [1.82, 2.24) is 4.98 Å². The molecule has 1 saturated carbocycles. The smallest absolute Gasteiger partial charge is 0.122 e. The van der Waals surface area contributed by atoms with Crippen LogP contribution in [0.25, 0.3) is 0 Å². The van der Waals surface area contributed by atoms with Gasteiger partial charge in [0.15, 0.2) is 0 Å². The first-order valence-corrected chi connectivity index (χ1v) is 7.49. The van der Waals surface area contributed by atoms with Crippen LogP contribution in [0.2, 0.25) is 0 Å². The van der Waals surface area contributed by atoms with E-state index in [-0.39, 0.29) is 0 Å². The quantitative estimate of drug-likeness (QED) is 0.621. The van der Waals surface area contributed by atoms with Crippen molar-refractivity contribution < 1.29 is 0 Å². The lowest BCUT2D eigenvalue weighted by molar-refractivity contribution is 0.959. The predicted octanol–water partition coefficient (Wildman–Crippen LogP) is 4.16. The van der Waals surface area contributed by atoms with Crippen molar-refractivity contribution >= 4 is 35.0 Å². The Kier molecular flexibility index (Phi) is 3.82. The number of halogens is 2. The fraction of sp³-hybridized carbons (Fsp3) is 0.538. The van der Waals surface area contributed by atoms with E-state index in [1.807, 2.05) is 20.8 Å². The number of thioether (sulfide) groups is 1. The summed E-state index contributed by atoms with van der Waals surface area (Å²) in [6.45, 7) is 5.94. The van der Waals surface area contributed by atoms with Gasteiger partial charge in [-0.05, 0) is 38.3 Å². The molecule has 0 N–H and O–H groups in total. The normalized spacial score (nSPS) is 20.6. The van der Waals surface area contributed by atoms with Crippen molar-refractivity contribution in [3.8, 4) is 6.07 Å². The summed E-state index contributed by atoms with van der Waals surface area (Å²) in [6.07, 6.45) is 0.828. The molecule has 0 spiro atoms. The van der Waals surface area contributed by atoms with Gasteiger partial charge in [0.2, 0.25) is 0 Å². The molecule has 1 heterocycles. The van der Waals surface area contributed by atoms with Crippen LogP contribution in [0.5, 0.6) is 0 Å². The number of hydrogen-bond acceptors (Lipinski definition) is 3. The van der Waals surface area contributed by atoms with Crippen LogP contribution in [0.1, 0.15) is 28.8 Å². The van der Waals surface area contributed by atoms with Crippen molar-refractivity contribution in [2.45, 2.75) is 36.6 Å². The van der Waals surface area contributed by atoms with Gasteiger partial charge in [-0.25, -0.2) is 4.98 Å². The van der Waals surface area contributed by atoms with E-state index in [0.29, 0.717) is 11.5 Å². The van der Waals surface area contributed by atoms with Gasteiger partial charge in [0.1, 0.15) is 15.4 Å². The minimum Gasteiger partial charge on any atom is -0.245 e. The predicted molar refractivity (Wildman–Crippen MR) is 76.4 cm³/mol. The summed E-state index contributed by atoms with van der Waals surface area (Å²) >= 11 is 13.6. The third kappa shape index (κ3) is 2.61.